The summed E-state index contributed by atoms with van der Waals surface area (Å²) in [5, 5.41) is 12.2. The van der Waals surface area contributed by atoms with E-state index in [1.165, 1.54) is 4.52 Å². The minimum Gasteiger partial charge on any atom is -0.324 e. The number of anilines is 1. The monoisotopic (exact) mass is 385 g/mol. The van der Waals surface area contributed by atoms with Crippen LogP contribution in [0.3, 0.4) is 0 Å². The fourth-order valence-corrected chi connectivity index (χ4v) is 3.58. The molecule has 7 nitrogen and oxygen atoms in total. The molecule has 0 aliphatic carbocycles. The summed E-state index contributed by atoms with van der Waals surface area (Å²) in [7, 11) is 0. The highest BCUT2D eigenvalue weighted by atomic mass is 32.2. The lowest BCUT2D eigenvalue weighted by atomic mass is 10.1. The van der Waals surface area contributed by atoms with Crippen molar-refractivity contribution in [3.05, 3.63) is 51.9 Å². The summed E-state index contributed by atoms with van der Waals surface area (Å²) in [6.07, 6.45) is 0. The molecule has 2 heterocycles. The maximum Gasteiger partial charge on any atom is 0.367 e. The van der Waals surface area contributed by atoms with E-state index in [1.54, 1.807) is 17.8 Å². The number of nitrogens with one attached hydrogen (secondary N) is 1. The fourth-order valence-electron chi connectivity index (χ4n) is 2.69. The number of aromatic nitrogens is 4. The summed E-state index contributed by atoms with van der Waals surface area (Å²) in [5.74, 6) is -0.304. The standard InChI is InChI=1S/C19H23N5O2S/c1-12-7-6-8-13(2)17(12)20-15(25)11-23-18(26)24-14(21-23)9-10-16(22-24)27-19(3,4)5/h6-10H,11H2,1-5H3,(H,20,25). The molecular formula is C19H23N5O2S. The van der Waals surface area contributed by atoms with Crippen LogP contribution in [0.5, 0.6) is 0 Å². The largest absolute Gasteiger partial charge is 0.367 e. The zero-order valence-electron chi connectivity index (χ0n) is 16.1. The zero-order valence-corrected chi connectivity index (χ0v) is 16.9. The Labute approximate surface area is 161 Å². The van der Waals surface area contributed by atoms with E-state index in [0.717, 1.165) is 26.5 Å². The summed E-state index contributed by atoms with van der Waals surface area (Å²) in [6, 6.07) is 9.36. The van der Waals surface area contributed by atoms with Crippen LogP contribution in [0.1, 0.15) is 31.9 Å². The Morgan fingerprint density at radius 1 is 1.11 bits per heavy atom. The van der Waals surface area contributed by atoms with Gasteiger partial charge in [-0.1, -0.05) is 50.7 Å². The molecule has 0 aliphatic rings. The molecule has 0 saturated heterocycles. The van der Waals surface area contributed by atoms with E-state index in [2.05, 4.69) is 36.3 Å². The van der Waals surface area contributed by atoms with Gasteiger partial charge in [-0.15, -0.1) is 5.10 Å². The van der Waals surface area contributed by atoms with Gasteiger partial charge in [0.1, 0.15) is 11.6 Å². The topological polar surface area (TPSA) is 81.3 Å². The van der Waals surface area contributed by atoms with Crippen molar-refractivity contribution >= 4 is 29.0 Å². The van der Waals surface area contributed by atoms with Crippen molar-refractivity contribution in [2.24, 2.45) is 0 Å². The molecule has 0 fully saturated rings. The third-order valence-electron chi connectivity index (χ3n) is 3.87. The van der Waals surface area contributed by atoms with E-state index < -0.39 is 5.69 Å². The van der Waals surface area contributed by atoms with Crippen LogP contribution in [0.4, 0.5) is 5.69 Å². The van der Waals surface area contributed by atoms with Gasteiger partial charge in [-0.25, -0.2) is 9.48 Å². The predicted molar refractivity (Wildman–Crippen MR) is 107 cm³/mol. The Balaban J connectivity index is 1.84. The highest BCUT2D eigenvalue weighted by Gasteiger charge is 2.17. The average molecular weight is 385 g/mol. The van der Waals surface area contributed by atoms with Crippen LogP contribution >= 0.6 is 11.8 Å². The molecule has 1 aromatic carbocycles. The minimum atomic E-state index is -0.432. The first kappa shape index (κ1) is 19.2. The van der Waals surface area contributed by atoms with Gasteiger partial charge in [0.15, 0.2) is 5.65 Å². The first-order valence-corrected chi connectivity index (χ1v) is 9.48. The lowest BCUT2D eigenvalue weighted by Crippen LogP contribution is -2.29. The molecule has 0 aliphatic heterocycles. The Morgan fingerprint density at radius 2 is 1.78 bits per heavy atom. The first-order valence-electron chi connectivity index (χ1n) is 8.66. The molecule has 1 amide bonds. The third kappa shape index (κ3) is 4.39. The predicted octanol–water partition coefficient (Wildman–Crippen LogP) is 3.04. The number of para-hydroxylation sites is 1. The number of hydrogen-bond acceptors (Lipinski definition) is 5. The van der Waals surface area contributed by atoms with Crippen LogP contribution in [0.15, 0.2) is 40.2 Å². The number of carbonyl (C=O) groups is 1. The van der Waals surface area contributed by atoms with E-state index in [-0.39, 0.29) is 17.2 Å². The van der Waals surface area contributed by atoms with Crippen molar-refractivity contribution in [1.82, 2.24) is 19.4 Å². The average Bonchev–Trinajstić information content (AvgIpc) is 2.86. The van der Waals surface area contributed by atoms with Gasteiger partial charge in [0.2, 0.25) is 5.91 Å². The normalized spacial score (nSPS) is 11.7. The molecule has 3 aromatic rings. The van der Waals surface area contributed by atoms with Crippen molar-refractivity contribution in [2.45, 2.75) is 50.9 Å². The lowest BCUT2D eigenvalue weighted by molar-refractivity contribution is -0.117. The molecule has 0 radical (unpaired) electrons. The summed E-state index contributed by atoms with van der Waals surface area (Å²) >= 11 is 1.57. The van der Waals surface area contributed by atoms with E-state index in [0.29, 0.717) is 5.65 Å². The molecule has 0 spiro atoms. The van der Waals surface area contributed by atoms with Crippen LogP contribution in [-0.4, -0.2) is 30.0 Å². The number of hydrogen-bond donors (Lipinski definition) is 1. The smallest absolute Gasteiger partial charge is 0.324 e. The van der Waals surface area contributed by atoms with E-state index in [9.17, 15) is 9.59 Å². The van der Waals surface area contributed by atoms with Gasteiger partial charge in [0, 0.05) is 10.4 Å². The highest BCUT2D eigenvalue weighted by molar-refractivity contribution is 8.00. The first-order chi connectivity index (χ1) is 12.6. The van der Waals surface area contributed by atoms with Gasteiger partial charge in [-0.3, -0.25) is 4.79 Å². The van der Waals surface area contributed by atoms with E-state index >= 15 is 0 Å². The highest BCUT2D eigenvalue weighted by Crippen LogP contribution is 2.29. The minimum absolute atomic E-state index is 0.0223. The number of carbonyl (C=O) groups excluding carboxylic acids is 1. The SMILES string of the molecule is Cc1cccc(C)c1NC(=O)Cn1nc2ccc(SC(C)(C)C)nn2c1=O. The van der Waals surface area contributed by atoms with E-state index in [1.807, 2.05) is 38.1 Å². The van der Waals surface area contributed by atoms with Crippen LogP contribution < -0.4 is 11.0 Å². The van der Waals surface area contributed by atoms with Crippen molar-refractivity contribution < 1.29 is 4.79 Å². The number of thioether (sulfide) groups is 1. The van der Waals surface area contributed by atoms with Crippen molar-refractivity contribution in [3.63, 3.8) is 0 Å². The number of nitrogens with zero attached hydrogens (tertiary/aromatic N) is 4. The van der Waals surface area contributed by atoms with Crippen LogP contribution in [0, 0.1) is 13.8 Å². The molecule has 0 unspecified atom stereocenters. The molecule has 27 heavy (non-hydrogen) atoms. The molecule has 142 valence electrons. The summed E-state index contributed by atoms with van der Waals surface area (Å²) in [4.78, 5) is 25.0. The van der Waals surface area contributed by atoms with Gasteiger partial charge in [0.05, 0.1) is 0 Å². The van der Waals surface area contributed by atoms with Crippen molar-refractivity contribution in [3.8, 4) is 0 Å². The Kier molecular flexibility index (Phi) is 5.10. The summed E-state index contributed by atoms with van der Waals surface area (Å²) in [5.41, 5.74) is 2.69. The molecule has 2 aromatic heterocycles. The number of amides is 1. The zero-order chi connectivity index (χ0) is 19.8. The number of aryl methyl sites for hydroxylation is 2. The maximum absolute atomic E-state index is 12.6. The molecule has 0 saturated carbocycles. The second-order valence-corrected chi connectivity index (χ2v) is 9.26. The second-order valence-electron chi connectivity index (χ2n) is 7.41. The van der Waals surface area contributed by atoms with Crippen molar-refractivity contribution in [1.29, 1.82) is 0 Å². The summed E-state index contributed by atoms with van der Waals surface area (Å²) < 4.78 is 2.35. The number of fused-ring (bicyclic) bond motifs is 1. The third-order valence-corrected chi connectivity index (χ3v) is 4.90. The van der Waals surface area contributed by atoms with Gasteiger partial charge >= 0.3 is 5.69 Å². The van der Waals surface area contributed by atoms with E-state index in [4.69, 9.17) is 0 Å². The fraction of sp³-hybridized carbons (Fsp3) is 0.368. The molecule has 8 heteroatoms. The Morgan fingerprint density at radius 3 is 2.41 bits per heavy atom. The Bertz CT molecular complexity index is 1040. The quantitative estimate of drug-likeness (QED) is 0.698. The van der Waals surface area contributed by atoms with Gasteiger partial charge < -0.3 is 5.32 Å². The number of rotatable bonds is 4. The Hall–Kier alpha value is -2.61. The second kappa shape index (κ2) is 7.19. The molecule has 0 atom stereocenters. The molecule has 1 N–H and O–H groups in total. The lowest BCUT2D eigenvalue weighted by Gasteiger charge is -2.16. The van der Waals surface area contributed by atoms with Gasteiger partial charge in [-0.05, 0) is 37.1 Å². The van der Waals surface area contributed by atoms with Crippen LogP contribution in [0.25, 0.3) is 5.65 Å². The van der Waals surface area contributed by atoms with Crippen LogP contribution in [-0.2, 0) is 11.3 Å². The molecular weight excluding hydrogens is 362 g/mol. The molecule has 3 rings (SSSR count). The van der Waals surface area contributed by atoms with Crippen molar-refractivity contribution in [2.75, 3.05) is 5.32 Å². The van der Waals surface area contributed by atoms with Gasteiger partial charge in [-0.2, -0.15) is 9.61 Å². The maximum atomic E-state index is 12.6. The summed E-state index contributed by atoms with van der Waals surface area (Å²) in [6.45, 7) is 9.92. The van der Waals surface area contributed by atoms with Gasteiger partial charge in [0.25, 0.3) is 0 Å². The number of benzene rings is 1. The van der Waals surface area contributed by atoms with Crippen LogP contribution in [0.2, 0.25) is 0 Å². The molecule has 0 bridgehead atoms.